The summed E-state index contributed by atoms with van der Waals surface area (Å²) in [5.41, 5.74) is 2.59. The Morgan fingerprint density at radius 3 is 2.62 bits per heavy atom. The van der Waals surface area contributed by atoms with Crippen molar-refractivity contribution in [2.24, 2.45) is 0 Å². The molecule has 4 nitrogen and oxygen atoms in total. The highest BCUT2D eigenvalue weighted by atomic mass is 32.2. The largest absolute Gasteiger partial charge is 0.298 e. The molecule has 0 N–H and O–H groups in total. The van der Waals surface area contributed by atoms with Crippen LogP contribution < -0.4 is 0 Å². The fraction of sp³-hybridized carbons (Fsp3) is 0.474. The Hall–Kier alpha value is -1.43. The van der Waals surface area contributed by atoms with E-state index in [1.54, 1.807) is 11.8 Å². The van der Waals surface area contributed by atoms with Crippen molar-refractivity contribution >= 4 is 11.8 Å². The van der Waals surface area contributed by atoms with Gasteiger partial charge in [-0.3, -0.25) is 9.80 Å². The minimum absolute atomic E-state index is 0.616. The molecule has 1 aliphatic rings. The number of nitrogens with zero attached hydrogens (tertiary/aromatic N) is 4. The van der Waals surface area contributed by atoms with Gasteiger partial charge < -0.3 is 0 Å². The van der Waals surface area contributed by atoms with Gasteiger partial charge >= 0.3 is 0 Å². The minimum Gasteiger partial charge on any atom is -0.298 e. The molecule has 0 radical (unpaired) electrons. The number of thioether (sulfide) groups is 1. The summed E-state index contributed by atoms with van der Waals surface area (Å²) in [7, 11) is 2.25. The van der Waals surface area contributed by atoms with Crippen molar-refractivity contribution in [1.29, 1.82) is 0 Å². The van der Waals surface area contributed by atoms with E-state index >= 15 is 0 Å². The van der Waals surface area contributed by atoms with Crippen LogP contribution in [0.3, 0.4) is 0 Å². The van der Waals surface area contributed by atoms with Crippen molar-refractivity contribution in [2.45, 2.75) is 37.1 Å². The third-order valence-electron chi connectivity index (χ3n) is 4.65. The van der Waals surface area contributed by atoms with Gasteiger partial charge in [-0.25, -0.2) is 9.97 Å². The van der Waals surface area contributed by atoms with Crippen LogP contribution >= 0.6 is 11.8 Å². The summed E-state index contributed by atoms with van der Waals surface area (Å²) in [5, 5.41) is 0.845. The molecule has 0 aliphatic carbocycles. The monoisotopic (exact) mass is 342 g/mol. The maximum Gasteiger partial charge on any atom is 0.187 e. The van der Waals surface area contributed by atoms with Crippen molar-refractivity contribution in [1.82, 2.24) is 19.8 Å². The van der Waals surface area contributed by atoms with E-state index < -0.39 is 0 Å². The van der Waals surface area contributed by atoms with E-state index in [-0.39, 0.29) is 0 Å². The summed E-state index contributed by atoms with van der Waals surface area (Å²) in [5.74, 6) is 0. The van der Waals surface area contributed by atoms with Crippen LogP contribution in [0.5, 0.6) is 0 Å². The molecule has 1 aliphatic heterocycles. The third-order valence-corrected chi connectivity index (χ3v) is 5.23. The van der Waals surface area contributed by atoms with Crippen LogP contribution in [0.25, 0.3) is 0 Å². The average molecular weight is 343 g/mol. The second-order valence-corrected chi connectivity index (χ2v) is 7.28. The molecule has 1 aromatic carbocycles. The highest BCUT2D eigenvalue weighted by Gasteiger charge is 2.23. The van der Waals surface area contributed by atoms with E-state index in [9.17, 15) is 0 Å². The van der Waals surface area contributed by atoms with Gasteiger partial charge in [0.05, 0.1) is 0 Å². The molecule has 2 heterocycles. The van der Waals surface area contributed by atoms with Gasteiger partial charge in [-0.05, 0) is 38.3 Å². The van der Waals surface area contributed by atoms with Gasteiger partial charge in [0.1, 0.15) is 0 Å². The summed E-state index contributed by atoms with van der Waals surface area (Å²) in [6, 6.07) is 11.4. The van der Waals surface area contributed by atoms with Gasteiger partial charge in [-0.2, -0.15) is 0 Å². The van der Waals surface area contributed by atoms with Gasteiger partial charge in [0.2, 0.25) is 0 Å². The molecule has 1 saturated heterocycles. The smallest absolute Gasteiger partial charge is 0.187 e. The summed E-state index contributed by atoms with van der Waals surface area (Å²) in [6.07, 6.45) is 8.48. The number of likely N-dealkylation sites (N-methyl/N-ethyl adjacent to an activating group) is 1. The number of aromatic nitrogens is 2. The summed E-state index contributed by atoms with van der Waals surface area (Å²) in [4.78, 5) is 13.8. The molecule has 0 bridgehead atoms. The topological polar surface area (TPSA) is 32.3 Å². The quantitative estimate of drug-likeness (QED) is 0.594. The number of piperidine rings is 1. The van der Waals surface area contributed by atoms with Gasteiger partial charge in [0.15, 0.2) is 5.16 Å². The van der Waals surface area contributed by atoms with E-state index in [2.05, 4.69) is 57.1 Å². The SMILES string of the molecule is CSc1ncc(CN2CCCC(N(C)Cc3ccccc3)C2)cn1. The van der Waals surface area contributed by atoms with Crippen molar-refractivity contribution in [3.63, 3.8) is 0 Å². The third kappa shape index (κ3) is 4.79. The van der Waals surface area contributed by atoms with E-state index in [0.29, 0.717) is 6.04 Å². The molecule has 3 rings (SSSR count). The molecule has 0 amide bonds. The van der Waals surface area contributed by atoms with Gasteiger partial charge in [-0.1, -0.05) is 42.1 Å². The molecule has 0 saturated carbocycles. The fourth-order valence-corrected chi connectivity index (χ4v) is 3.64. The Labute approximate surface area is 149 Å². The van der Waals surface area contributed by atoms with Crippen LogP contribution in [0.1, 0.15) is 24.0 Å². The molecule has 0 spiro atoms. The second-order valence-electron chi connectivity index (χ2n) is 6.51. The highest BCUT2D eigenvalue weighted by molar-refractivity contribution is 7.98. The predicted molar refractivity (Wildman–Crippen MR) is 100 cm³/mol. The fourth-order valence-electron chi connectivity index (χ4n) is 3.32. The van der Waals surface area contributed by atoms with E-state index in [4.69, 9.17) is 0 Å². The molecule has 5 heteroatoms. The van der Waals surface area contributed by atoms with Crippen LogP contribution in [-0.4, -0.2) is 52.2 Å². The lowest BCUT2D eigenvalue weighted by Crippen LogP contribution is -2.45. The maximum atomic E-state index is 4.39. The number of benzene rings is 1. The number of hydrogen-bond acceptors (Lipinski definition) is 5. The van der Waals surface area contributed by atoms with Crippen molar-refractivity contribution in [3.05, 3.63) is 53.9 Å². The van der Waals surface area contributed by atoms with E-state index in [1.165, 1.54) is 30.5 Å². The van der Waals surface area contributed by atoms with Crippen molar-refractivity contribution in [2.75, 3.05) is 26.4 Å². The Balaban J connectivity index is 1.55. The van der Waals surface area contributed by atoms with E-state index in [0.717, 1.165) is 24.8 Å². The Morgan fingerprint density at radius 1 is 1.17 bits per heavy atom. The Bertz CT molecular complexity index is 617. The summed E-state index contributed by atoms with van der Waals surface area (Å²) in [6.45, 7) is 4.25. The van der Waals surface area contributed by atoms with Crippen LogP contribution in [0.15, 0.2) is 47.9 Å². The molecule has 1 fully saturated rings. The zero-order chi connectivity index (χ0) is 16.8. The normalized spacial score (nSPS) is 18.9. The van der Waals surface area contributed by atoms with Crippen LogP contribution in [0.4, 0.5) is 0 Å². The zero-order valence-electron chi connectivity index (χ0n) is 14.6. The lowest BCUT2D eigenvalue weighted by Gasteiger charge is -2.37. The lowest BCUT2D eigenvalue weighted by atomic mass is 10.0. The molecule has 1 unspecified atom stereocenters. The zero-order valence-corrected chi connectivity index (χ0v) is 15.4. The molecule has 24 heavy (non-hydrogen) atoms. The molecule has 1 aromatic heterocycles. The summed E-state index contributed by atoms with van der Waals surface area (Å²) >= 11 is 1.59. The van der Waals surface area contributed by atoms with Crippen LogP contribution in [0, 0.1) is 0 Å². The number of hydrogen-bond donors (Lipinski definition) is 0. The standard InChI is InChI=1S/C19H26N4S/c1-22(13-16-7-4-3-5-8-16)18-9-6-10-23(15-18)14-17-11-20-19(24-2)21-12-17/h3-5,7-8,11-12,18H,6,9-10,13-15H2,1-2H3. The second kappa shape index (κ2) is 8.60. The van der Waals surface area contributed by atoms with E-state index in [1.807, 2.05) is 18.6 Å². The van der Waals surface area contributed by atoms with Crippen LogP contribution in [-0.2, 0) is 13.1 Å². The first kappa shape index (κ1) is 17.4. The van der Waals surface area contributed by atoms with Gasteiger partial charge in [0.25, 0.3) is 0 Å². The first-order valence-corrected chi connectivity index (χ1v) is 9.78. The summed E-state index contributed by atoms with van der Waals surface area (Å²) < 4.78 is 0. The first-order valence-electron chi connectivity index (χ1n) is 8.56. The molecule has 2 aromatic rings. The van der Waals surface area contributed by atoms with Crippen molar-refractivity contribution < 1.29 is 0 Å². The molecular formula is C19H26N4S. The molecule has 128 valence electrons. The van der Waals surface area contributed by atoms with Crippen molar-refractivity contribution in [3.8, 4) is 0 Å². The molecule has 1 atom stereocenters. The maximum absolute atomic E-state index is 4.39. The van der Waals surface area contributed by atoms with Gasteiger partial charge in [-0.15, -0.1) is 0 Å². The number of likely N-dealkylation sites (tertiary alicyclic amines) is 1. The lowest BCUT2D eigenvalue weighted by molar-refractivity contribution is 0.107. The first-order chi connectivity index (χ1) is 11.7. The average Bonchev–Trinajstić information content (AvgIpc) is 2.63. The Morgan fingerprint density at radius 2 is 1.92 bits per heavy atom. The predicted octanol–water partition coefficient (Wildman–Crippen LogP) is 3.29. The Kier molecular flexibility index (Phi) is 6.24. The minimum atomic E-state index is 0.616. The number of rotatable bonds is 6. The van der Waals surface area contributed by atoms with Crippen LogP contribution in [0.2, 0.25) is 0 Å². The van der Waals surface area contributed by atoms with Gasteiger partial charge in [0, 0.05) is 43.6 Å². The highest BCUT2D eigenvalue weighted by Crippen LogP contribution is 2.19. The molecular weight excluding hydrogens is 316 g/mol.